The van der Waals surface area contributed by atoms with Crippen LogP contribution in [0.15, 0.2) is 24.3 Å². The van der Waals surface area contributed by atoms with Crippen molar-refractivity contribution in [1.29, 1.82) is 0 Å². The topological polar surface area (TPSA) is 88.7 Å². The maximum absolute atomic E-state index is 11.5. The van der Waals surface area contributed by atoms with E-state index in [1.54, 1.807) is 12.1 Å². The molecule has 2 amide bonds. The lowest BCUT2D eigenvalue weighted by Crippen LogP contribution is -2.49. The first kappa shape index (κ1) is 15.7. The van der Waals surface area contributed by atoms with Gasteiger partial charge in [0.25, 0.3) is 5.91 Å². The number of carbonyl (C=O) groups is 2. The molecule has 0 radical (unpaired) electrons. The van der Waals surface area contributed by atoms with Crippen molar-refractivity contribution in [3.05, 3.63) is 29.8 Å². The summed E-state index contributed by atoms with van der Waals surface area (Å²) in [4.78, 5) is 22.2. The molecule has 0 unspecified atom stereocenters. The molecule has 1 aromatic rings. The lowest BCUT2D eigenvalue weighted by molar-refractivity contribution is -0.121. The quantitative estimate of drug-likeness (QED) is 0.560. The van der Waals surface area contributed by atoms with Gasteiger partial charge in [0.1, 0.15) is 5.75 Å². The van der Waals surface area contributed by atoms with E-state index in [9.17, 15) is 9.59 Å². The van der Waals surface area contributed by atoms with Gasteiger partial charge in [0, 0.05) is 0 Å². The van der Waals surface area contributed by atoms with E-state index in [0.717, 1.165) is 5.56 Å². The van der Waals surface area contributed by atoms with E-state index in [1.165, 1.54) is 7.11 Å². The van der Waals surface area contributed by atoms with Gasteiger partial charge in [0.15, 0.2) is 11.7 Å². The molecule has 7 nitrogen and oxygen atoms in total. The molecule has 8 heteroatoms. The Morgan fingerprint density at radius 3 is 2.45 bits per heavy atom. The minimum atomic E-state index is -0.725. The van der Waals surface area contributed by atoms with Gasteiger partial charge in [-0.05, 0) is 31.3 Å². The molecule has 3 N–H and O–H groups in total. The third-order valence-electron chi connectivity index (χ3n) is 2.11. The van der Waals surface area contributed by atoms with Gasteiger partial charge < -0.3 is 9.47 Å². The standard InChI is InChI=1S/C12H15N3O4S/c1-8-3-5-9(6-4-8)19-7-10(16)13-11(20)14-15-12(17)18-2/h3-6H,7H2,1-2H3,(H,15,17)(H2,13,14,16,20). The molecular weight excluding hydrogens is 282 g/mol. The van der Waals surface area contributed by atoms with E-state index >= 15 is 0 Å². The van der Waals surface area contributed by atoms with Crippen LogP contribution in [0.4, 0.5) is 4.79 Å². The van der Waals surface area contributed by atoms with Gasteiger partial charge in [-0.15, -0.1) is 0 Å². The number of carbonyl (C=O) groups excluding carboxylic acids is 2. The molecule has 1 rings (SSSR count). The Hall–Kier alpha value is -2.35. The lowest BCUT2D eigenvalue weighted by Gasteiger charge is -2.10. The van der Waals surface area contributed by atoms with Gasteiger partial charge in [-0.3, -0.25) is 15.5 Å². The highest BCUT2D eigenvalue weighted by atomic mass is 32.1. The Kier molecular flexibility index (Phi) is 6.24. The molecule has 0 aromatic heterocycles. The van der Waals surface area contributed by atoms with Crippen molar-refractivity contribution in [1.82, 2.24) is 16.2 Å². The Bertz CT molecular complexity index is 490. The monoisotopic (exact) mass is 297 g/mol. The number of hydrazine groups is 1. The van der Waals surface area contributed by atoms with Crippen LogP contribution in [0, 0.1) is 6.92 Å². The Labute approximate surface area is 121 Å². The second-order valence-electron chi connectivity index (χ2n) is 3.72. The van der Waals surface area contributed by atoms with Crippen LogP contribution >= 0.6 is 12.2 Å². The molecule has 108 valence electrons. The van der Waals surface area contributed by atoms with Gasteiger partial charge in [-0.2, -0.15) is 0 Å². The highest BCUT2D eigenvalue weighted by molar-refractivity contribution is 7.80. The average molecular weight is 297 g/mol. The molecule has 0 bridgehead atoms. The fourth-order valence-corrected chi connectivity index (χ4v) is 1.30. The fourth-order valence-electron chi connectivity index (χ4n) is 1.14. The Balaban J connectivity index is 2.27. The summed E-state index contributed by atoms with van der Waals surface area (Å²) in [6.07, 6.45) is -0.725. The van der Waals surface area contributed by atoms with Crippen molar-refractivity contribution in [2.45, 2.75) is 6.92 Å². The van der Waals surface area contributed by atoms with Crippen LogP contribution in [-0.2, 0) is 9.53 Å². The number of amides is 2. The predicted molar refractivity (Wildman–Crippen MR) is 76.1 cm³/mol. The van der Waals surface area contributed by atoms with Gasteiger partial charge in [0.2, 0.25) is 0 Å². The summed E-state index contributed by atoms with van der Waals surface area (Å²) in [6, 6.07) is 7.27. The third-order valence-corrected chi connectivity index (χ3v) is 2.31. The minimum absolute atomic E-state index is 0.0621. The van der Waals surface area contributed by atoms with Gasteiger partial charge in [0.05, 0.1) is 7.11 Å². The van der Waals surface area contributed by atoms with E-state index < -0.39 is 12.0 Å². The molecule has 1 aromatic carbocycles. The highest BCUT2D eigenvalue weighted by Gasteiger charge is 2.06. The summed E-state index contributed by atoms with van der Waals surface area (Å²) in [7, 11) is 1.20. The SMILES string of the molecule is COC(=O)NNC(=S)NC(=O)COc1ccc(C)cc1. The number of methoxy groups -OCH3 is 1. The molecule has 0 fully saturated rings. The first-order chi connectivity index (χ1) is 9.51. The molecule has 0 saturated heterocycles. The Morgan fingerprint density at radius 1 is 1.20 bits per heavy atom. The van der Waals surface area contributed by atoms with E-state index in [2.05, 4.69) is 20.9 Å². The first-order valence-corrected chi connectivity index (χ1v) is 6.05. The molecule has 0 aliphatic rings. The van der Waals surface area contributed by atoms with Crippen LogP contribution in [0.2, 0.25) is 0 Å². The largest absolute Gasteiger partial charge is 0.484 e. The van der Waals surface area contributed by atoms with Crippen molar-refractivity contribution >= 4 is 29.3 Å². The maximum Gasteiger partial charge on any atom is 0.425 e. The third kappa shape index (κ3) is 6.01. The first-order valence-electron chi connectivity index (χ1n) is 5.64. The van der Waals surface area contributed by atoms with Crippen molar-refractivity contribution in [3.8, 4) is 5.75 Å². The molecule has 0 saturated carbocycles. The van der Waals surface area contributed by atoms with Gasteiger partial charge in [-0.25, -0.2) is 10.2 Å². The second-order valence-corrected chi connectivity index (χ2v) is 4.13. The second kappa shape index (κ2) is 7.95. The molecule has 0 spiro atoms. The summed E-state index contributed by atoms with van der Waals surface area (Å²) >= 11 is 4.78. The number of rotatable bonds is 3. The lowest BCUT2D eigenvalue weighted by atomic mass is 10.2. The van der Waals surface area contributed by atoms with Crippen molar-refractivity contribution in [2.24, 2.45) is 0 Å². The summed E-state index contributed by atoms with van der Waals surface area (Å²) in [5.74, 6) is 0.132. The molecule has 0 atom stereocenters. The highest BCUT2D eigenvalue weighted by Crippen LogP contribution is 2.10. The van der Waals surface area contributed by atoms with E-state index in [0.29, 0.717) is 5.75 Å². The minimum Gasteiger partial charge on any atom is -0.484 e. The predicted octanol–water partition coefficient (Wildman–Crippen LogP) is 0.636. The number of benzene rings is 1. The molecular formula is C12H15N3O4S. The van der Waals surface area contributed by atoms with Gasteiger partial charge >= 0.3 is 6.09 Å². The summed E-state index contributed by atoms with van der Waals surface area (Å²) in [5, 5.41) is 2.26. The number of nitrogens with one attached hydrogen (secondary N) is 3. The normalized spacial score (nSPS) is 9.30. The van der Waals surface area contributed by atoms with E-state index in [1.807, 2.05) is 19.1 Å². The van der Waals surface area contributed by atoms with Crippen molar-refractivity contribution in [2.75, 3.05) is 13.7 Å². The van der Waals surface area contributed by atoms with E-state index in [4.69, 9.17) is 17.0 Å². The van der Waals surface area contributed by atoms with E-state index in [-0.39, 0.29) is 11.7 Å². The van der Waals surface area contributed by atoms with Crippen LogP contribution in [0.3, 0.4) is 0 Å². The van der Waals surface area contributed by atoms with Crippen LogP contribution in [-0.4, -0.2) is 30.8 Å². The van der Waals surface area contributed by atoms with Crippen molar-refractivity contribution < 1.29 is 19.1 Å². The summed E-state index contributed by atoms with van der Waals surface area (Å²) < 4.78 is 9.57. The summed E-state index contributed by atoms with van der Waals surface area (Å²) in [5.41, 5.74) is 5.50. The number of hydrogen-bond acceptors (Lipinski definition) is 5. The zero-order chi connectivity index (χ0) is 15.0. The fraction of sp³-hybridized carbons (Fsp3) is 0.250. The van der Waals surface area contributed by atoms with Crippen molar-refractivity contribution in [3.63, 3.8) is 0 Å². The van der Waals surface area contributed by atoms with Gasteiger partial charge in [-0.1, -0.05) is 17.7 Å². The van der Waals surface area contributed by atoms with Crippen LogP contribution in [0.1, 0.15) is 5.56 Å². The number of ether oxygens (including phenoxy) is 2. The van der Waals surface area contributed by atoms with Crippen LogP contribution in [0.5, 0.6) is 5.75 Å². The van der Waals surface area contributed by atoms with Crippen LogP contribution < -0.4 is 20.9 Å². The maximum atomic E-state index is 11.5. The zero-order valence-corrected chi connectivity index (χ0v) is 11.9. The number of hydrogen-bond donors (Lipinski definition) is 3. The Morgan fingerprint density at radius 2 is 1.85 bits per heavy atom. The molecule has 20 heavy (non-hydrogen) atoms. The summed E-state index contributed by atoms with van der Waals surface area (Å²) in [6.45, 7) is 1.76. The molecule has 0 aliphatic carbocycles. The zero-order valence-electron chi connectivity index (χ0n) is 11.1. The molecule has 0 aliphatic heterocycles. The van der Waals surface area contributed by atoms with Crippen LogP contribution in [0.25, 0.3) is 0 Å². The average Bonchev–Trinajstić information content (AvgIpc) is 2.44. The smallest absolute Gasteiger partial charge is 0.425 e. The number of thiocarbonyl (C=S) groups is 1. The molecule has 0 heterocycles. The number of aryl methyl sites for hydroxylation is 1.